The number of unbranched alkanes of at least 4 members (excludes halogenated alkanes) is 2. The van der Waals surface area contributed by atoms with Crippen molar-refractivity contribution in [2.45, 2.75) is 33.1 Å². The molecule has 1 rings (SSSR count). The lowest BCUT2D eigenvalue weighted by Gasteiger charge is -2.10. The number of aliphatic hydroxyl groups is 1. The first-order chi connectivity index (χ1) is 9.13. The quantitative estimate of drug-likeness (QED) is 0.706. The molecule has 19 heavy (non-hydrogen) atoms. The van der Waals surface area contributed by atoms with Gasteiger partial charge in [0.25, 0.3) is 5.91 Å². The third-order valence-electron chi connectivity index (χ3n) is 2.86. The Kier molecular flexibility index (Phi) is 6.97. The first-order valence-electron chi connectivity index (χ1n) is 6.71. The molecule has 0 radical (unpaired) electrons. The molecular formula is C15H23NO3. The van der Waals surface area contributed by atoms with Crippen LogP contribution in [0.3, 0.4) is 0 Å². The van der Waals surface area contributed by atoms with Crippen molar-refractivity contribution in [3.63, 3.8) is 0 Å². The van der Waals surface area contributed by atoms with Crippen LogP contribution in [0.25, 0.3) is 0 Å². The molecule has 0 saturated carbocycles. The Labute approximate surface area is 114 Å². The van der Waals surface area contributed by atoms with E-state index in [9.17, 15) is 4.79 Å². The van der Waals surface area contributed by atoms with Crippen LogP contribution in [0.1, 0.15) is 30.4 Å². The second kappa shape index (κ2) is 8.53. The van der Waals surface area contributed by atoms with E-state index in [0.29, 0.717) is 6.54 Å². The molecule has 0 heterocycles. The molecule has 0 aromatic heterocycles. The van der Waals surface area contributed by atoms with Gasteiger partial charge in [-0.15, -0.1) is 0 Å². The van der Waals surface area contributed by atoms with E-state index >= 15 is 0 Å². The summed E-state index contributed by atoms with van der Waals surface area (Å²) in [7, 11) is 0. The van der Waals surface area contributed by atoms with Gasteiger partial charge in [0, 0.05) is 13.2 Å². The van der Waals surface area contributed by atoms with Gasteiger partial charge in [0.2, 0.25) is 0 Å². The van der Waals surface area contributed by atoms with E-state index in [1.807, 2.05) is 32.0 Å². The Balaban J connectivity index is 2.24. The topological polar surface area (TPSA) is 58.6 Å². The maximum atomic E-state index is 11.6. The van der Waals surface area contributed by atoms with Gasteiger partial charge in [-0.25, -0.2) is 0 Å². The predicted octanol–water partition coefficient (Wildman–Crippen LogP) is 1.96. The number of carbonyl (C=O) groups is 1. The number of rotatable bonds is 8. The molecule has 1 amide bonds. The van der Waals surface area contributed by atoms with Crippen LogP contribution in [-0.2, 0) is 4.79 Å². The van der Waals surface area contributed by atoms with E-state index in [0.717, 1.165) is 36.1 Å². The SMILES string of the molecule is Cc1ccc(C)c(OCC(=O)NCCCCCO)c1. The average molecular weight is 265 g/mol. The zero-order valence-electron chi connectivity index (χ0n) is 11.7. The van der Waals surface area contributed by atoms with Crippen molar-refractivity contribution in [2.24, 2.45) is 0 Å². The number of amides is 1. The van der Waals surface area contributed by atoms with Gasteiger partial charge in [0.1, 0.15) is 5.75 Å². The van der Waals surface area contributed by atoms with Crippen LogP contribution in [0.15, 0.2) is 18.2 Å². The molecule has 106 valence electrons. The van der Waals surface area contributed by atoms with Crippen LogP contribution in [0, 0.1) is 13.8 Å². The zero-order valence-corrected chi connectivity index (χ0v) is 11.7. The highest BCUT2D eigenvalue weighted by Crippen LogP contribution is 2.18. The molecule has 4 heteroatoms. The number of carbonyl (C=O) groups excluding carboxylic acids is 1. The van der Waals surface area contributed by atoms with Crippen LogP contribution in [0.5, 0.6) is 5.75 Å². The van der Waals surface area contributed by atoms with Gasteiger partial charge in [-0.05, 0) is 50.3 Å². The minimum Gasteiger partial charge on any atom is -0.483 e. The maximum Gasteiger partial charge on any atom is 0.257 e. The van der Waals surface area contributed by atoms with Crippen molar-refractivity contribution in [1.29, 1.82) is 0 Å². The lowest BCUT2D eigenvalue weighted by Crippen LogP contribution is -2.29. The van der Waals surface area contributed by atoms with E-state index in [-0.39, 0.29) is 19.1 Å². The van der Waals surface area contributed by atoms with E-state index < -0.39 is 0 Å². The molecule has 0 saturated heterocycles. The summed E-state index contributed by atoms with van der Waals surface area (Å²) in [5.41, 5.74) is 2.14. The van der Waals surface area contributed by atoms with Gasteiger partial charge in [-0.3, -0.25) is 4.79 Å². The molecule has 0 spiro atoms. The molecule has 0 unspecified atom stereocenters. The van der Waals surface area contributed by atoms with Crippen molar-refractivity contribution < 1.29 is 14.6 Å². The van der Waals surface area contributed by atoms with Gasteiger partial charge in [0.05, 0.1) is 0 Å². The predicted molar refractivity (Wildman–Crippen MR) is 75.4 cm³/mol. The smallest absolute Gasteiger partial charge is 0.257 e. The van der Waals surface area contributed by atoms with Gasteiger partial charge in [0.15, 0.2) is 6.61 Å². The molecule has 0 aliphatic carbocycles. The minimum absolute atomic E-state index is 0.0459. The molecule has 0 fully saturated rings. The number of benzene rings is 1. The van der Waals surface area contributed by atoms with Crippen LogP contribution >= 0.6 is 0 Å². The van der Waals surface area contributed by atoms with Crippen LogP contribution in [-0.4, -0.2) is 30.8 Å². The fourth-order valence-corrected chi connectivity index (χ4v) is 1.70. The number of hydrogen-bond donors (Lipinski definition) is 2. The molecular weight excluding hydrogens is 242 g/mol. The van der Waals surface area contributed by atoms with Crippen LogP contribution < -0.4 is 10.1 Å². The van der Waals surface area contributed by atoms with Crippen LogP contribution in [0.2, 0.25) is 0 Å². The summed E-state index contributed by atoms with van der Waals surface area (Å²) in [5, 5.41) is 11.4. The first-order valence-corrected chi connectivity index (χ1v) is 6.71. The summed E-state index contributed by atoms with van der Waals surface area (Å²) in [6.45, 7) is 4.85. The Morgan fingerprint density at radius 1 is 1.26 bits per heavy atom. The highest BCUT2D eigenvalue weighted by Gasteiger charge is 2.04. The van der Waals surface area contributed by atoms with Gasteiger partial charge < -0.3 is 15.2 Å². The Morgan fingerprint density at radius 2 is 2.05 bits per heavy atom. The van der Waals surface area contributed by atoms with Crippen molar-refractivity contribution in [3.8, 4) is 5.75 Å². The van der Waals surface area contributed by atoms with E-state index in [2.05, 4.69) is 5.32 Å². The zero-order chi connectivity index (χ0) is 14.1. The molecule has 4 nitrogen and oxygen atoms in total. The van der Waals surface area contributed by atoms with Gasteiger partial charge >= 0.3 is 0 Å². The van der Waals surface area contributed by atoms with E-state index in [4.69, 9.17) is 9.84 Å². The molecule has 0 bridgehead atoms. The molecule has 1 aromatic rings. The molecule has 0 aliphatic rings. The molecule has 1 aromatic carbocycles. The number of aliphatic hydroxyl groups excluding tert-OH is 1. The molecule has 0 aliphatic heterocycles. The Morgan fingerprint density at radius 3 is 2.79 bits per heavy atom. The number of hydrogen-bond acceptors (Lipinski definition) is 3. The number of nitrogens with one attached hydrogen (secondary N) is 1. The number of aryl methyl sites for hydroxylation is 2. The van der Waals surface area contributed by atoms with Gasteiger partial charge in [-0.1, -0.05) is 12.1 Å². The summed E-state index contributed by atoms with van der Waals surface area (Å²) >= 11 is 0. The van der Waals surface area contributed by atoms with E-state index in [1.165, 1.54) is 0 Å². The molecule has 2 N–H and O–H groups in total. The number of ether oxygens (including phenoxy) is 1. The standard InChI is InChI=1S/C15H23NO3/c1-12-6-7-13(2)14(10-12)19-11-15(18)16-8-4-3-5-9-17/h6-7,10,17H,3-5,8-9,11H2,1-2H3,(H,16,18). The molecule has 0 atom stereocenters. The van der Waals surface area contributed by atoms with Crippen molar-refractivity contribution in [2.75, 3.05) is 19.8 Å². The fourth-order valence-electron chi connectivity index (χ4n) is 1.70. The minimum atomic E-state index is -0.107. The first kappa shape index (κ1) is 15.5. The van der Waals surface area contributed by atoms with E-state index in [1.54, 1.807) is 0 Å². The van der Waals surface area contributed by atoms with Crippen LogP contribution in [0.4, 0.5) is 0 Å². The summed E-state index contributed by atoms with van der Waals surface area (Å²) in [5.74, 6) is 0.653. The Bertz CT molecular complexity index is 404. The Hall–Kier alpha value is -1.55. The second-order valence-electron chi connectivity index (χ2n) is 4.69. The van der Waals surface area contributed by atoms with Crippen molar-refractivity contribution in [1.82, 2.24) is 5.32 Å². The highest BCUT2D eigenvalue weighted by molar-refractivity contribution is 5.77. The average Bonchev–Trinajstić information content (AvgIpc) is 2.39. The fraction of sp³-hybridized carbons (Fsp3) is 0.533. The third-order valence-corrected chi connectivity index (χ3v) is 2.86. The summed E-state index contributed by atoms with van der Waals surface area (Å²) in [4.78, 5) is 11.6. The summed E-state index contributed by atoms with van der Waals surface area (Å²) in [6, 6.07) is 5.94. The monoisotopic (exact) mass is 265 g/mol. The van der Waals surface area contributed by atoms with Gasteiger partial charge in [-0.2, -0.15) is 0 Å². The normalized spacial score (nSPS) is 10.3. The highest BCUT2D eigenvalue weighted by atomic mass is 16.5. The summed E-state index contributed by atoms with van der Waals surface area (Å²) in [6.07, 6.45) is 2.60. The largest absolute Gasteiger partial charge is 0.483 e. The lowest BCUT2D eigenvalue weighted by atomic mass is 10.1. The third kappa shape index (κ3) is 6.25. The second-order valence-corrected chi connectivity index (χ2v) is 4.69. The van der Waals surface area contributed by atoms with Crippen molar-refractivity contribution >= 4 is 5.91 Å². The summed E-state index contributed by atoms with van der Waals surface area (Å²) < 4.78 is 5.51. The van der Waals surface area contributed by atoms with Crippen molar-refractivity contribution in [3.05, 3.63) is 29.3 Å². The lowest BCUT2D eigenvalue weighted by molar-refractivity contribution is -0.123. The maximum absolute atomic E-state index is 11.6.